The Kier molecular flexibility index (Phi) is 2.33. The first-order valence-corrected chi connectivity index (χ1v) is 4.97. The molecule has 0 radical (unpaired) electrons. The molecule has 1 aliphatic carbocycles. The number of nitrogens with zero attached hydrogens (tertiary/aromatic N) is 2. The van der Waals surface area contributed by atoms with Crippen LogP contribution in [-0.2, 0) is 0 Å². The van der Waals surface area contributed by atoms with Crippen molar-refractivity contribution in [1.82, 2.24) is 10.2 Å². The van der Waals surface area contributed by atoms with E-state index in [2.05, 4.69) is 22.4 Å². The lowest BCUT2D eigenvalue weighted by Gasteiger charge is -2.03. The molecule has 0 saturated heterocycles. The fourth-order valence-electron chi connectivity index (χ4n) is 1.25. The Morgan fingerprint density at radius 3 is 2.71 bits per heavy atom. The van der Waals surface area contributed by atoms with Gasteiger partial charge < -0.3 is 11.1 Å². The summed E-state index contributed by atoms with van der Waals surface area (Å²) in [6.07, 6.45) is 1.21. The predicted octanol–water partition coefficient (Wildman–Crippen LogP) is 0.931. The van der Waals surface area contributed by atoms with E-state index in [1.54, 1.807) is 6.07 Å². The van der Waals surface area contributed by atoms with Crippen molar-refractivity contribution < 1.29 is 0 Å². The Morgan fingerprint density at radius 1 is 1.57 bits per heavy atom. The fourth-order valence-corrected chi connectivity index (χ4v) is 1.36. The summed E-state index contributed by atoms with van der Waals surface area (Å²) in [5.74, 6) is 1.53. The van der Waals surface area contributed by atoms with Crippen LogP contribution in [0.2, 0.25) is 0 Å². The molecule has 0 aromatic carbocycles. The fraction of sp³-hybridized carbons (Fsp3) is 0.444. The van der Waals surface area contributed by atoms with Crippen LogP contribution in [0.5, 0.6) is 0 Å². The van der Waals surface area contributed by atoms with Crippen LogP contribution in [0.4, 0.5) is 5.82 Å². The van der Waals surface area contributed by atoms with Gasteiger partial charge in [0.25, 0.3) is 0 Å². The molecule has 1 aromatic rings. The molecule has 2 unspecified atom stereocenters. The summed E-state index contributed by atoms with van der Waals surface area (Å²) < 4.78 is 0. The third-order valence-corrected chi connectivity index (χ3v) is 2.57. The molecule has 1 aromatic heterocycles. The lowest BCUT2D eigenvalue weighted by molar-refractivity contribution is 0.910. The molecule has 1 aliphatic rings. The van der Waals surface area contributed by atoms with E-state index in [0.29, 0.717) is 11.7 Å². The number of thiocarbonyl (C=S) groups is 1. The maximum absolute atomic E-state index is 5.41. The van der Waals surface area contributed by atoms with Crippen LogP contribution in [0.25, 0.3) is 0 Å². The van der Waals surface area contributed by atoms with E-state index in [1.807, 2.05) is 6.07 Å². The Balaban J connectivity index is 2.02. The second kappa shape index (κ2) is 3.49. The van der Waals surface area contributed by atoms with Gasteiger partial charge in [0.15, 0.2) is 0 Å². The van der Waals surface area contributed by atoms with Gasteiger partial charge in [-0.3, -0.25) is 0 Å². The maximum atomic E-state index is 5.41. The van der Waals surface area contributed by atoms with E-state index in [1.165, 1.54) is 6.42 Å². The average Bonchev–Trinajstić information content (AvgIpc) is 2.82. The highest BCUT2D eigenvalue weighted by Gasteiger charge is 2.32. The van der Waals surface area contributed by atoms with Gasteiger partial charge in [-0.2, -0.15) is 0 Å². The Morgan fingerprint density at radius 2 is 2.29 bits per heavy atom. The first kappa shape index (κ1) is 9.33. The molecule has 1 heterocycles. The van der Waals surface area contributed by atoms with Crippen molar-refractivity contribution in [1.29, 1.82) is 0 Å². The molecular formula is C9H12N4S. The molecule has 0 amide bonds. The van der Waals surface area contributed by atoms with Gasteiger partial charge >= 0.3 is 0 Å². The zero-order valence-corrected chi connectivity index (χ0v) is 8.71. The number of nitrogens with two attached hydrogens (primary N) is 1. The molecule has 0 spiro atoms. The summed E-state index contributed by atoms with van der Waals surface area (Å²) in [7, 11) is 0. The van der Waals surface area contributed by atoms with Gasteiger partial charge in [0.05, 0.1) is 0 Å². The zero-order chi connectivity index (χ0) is 10.1. The minimum absolute atomic E-state index is 0.281. The van der Waals surface area contributed by atoms with Crippen LogP contribution in [0, 0.1) is 5.92 Å². The maximum Gasteiger partial charge on any atom is 0.148 e. The average molecular weight is 208 g/mol. The van der Waals surface area contributed by atoms with E-state index in [0.717, 1.165) is 11.7 Å². The molecule has 1 saturated carbocycles. The van der Waals surface area contributed by atoms with Gasteiger partial charge in [-0.25, -0.2) is 0 Å². The highest BCUT2D eigenvalue weighted by Crippen LogP contribution is 2.31. The molecule has 2 atom stereocenters. The normalized spacial score (nSPS) is 24.4. The molecule has 4 nitrogen and oxygen atoms in total. The van der Waals surface area contributed by atoms with Gasteiger partial charge in [0, 0.05) is 6.04 Å². The standard InChI is InChI=1S/C9H12N4S/c1-5-4-7(5)11-8-3-2-6(9(10)14)12-13-8/h2-3,5,7H,4H2,1H3,(H2,10,14)(H,11,13). The third kappa shape index (κ3) is 1.98. The molecule has 3 N–H and O–H groups in total. The summed E-state index contributed by atoms with van der Waals surface area (Å²) in [6.45, 7) is 2.20. The SMILES string of the molecule is CC1CC1Nc1ccc(C(N)=S)nn1. The van der Waals surface area contributed by atoms with E-state index in [9.17, 15) is 0 Å². The third-order valence-electron chi connectivity index (χ3n) is 2.36. The van der Waals surface area contributed by atoms with Gasteiger partial charge in [-0.1, -0.05) is 19.1 Å². The largest absolute Gasteiger partial charge is 0.388 e. The molecule has 5 heteroatoms. The van der Waals surface area contributed by atoms with E-state index >= 15 is 0 Å². The van der Waals surface area contributed by atoms with Crippen molar-refractivity contribution in [2.24, 2.45) is 11.7 Å². The van der Waals surface area contributed by atoms with Crippen molar-refractivity contribution in [2.45, 2.75) is 19.4 Å². The second-order valence-electron chi connectivity index (χ2n) is 3.63. The number of anilines is 1. The second-order valence-corrected chi connectivity index (χ2v) is 4.07. The summed E-state index contributed by atoms with van der Waals surface area (Å²) >= 11 is 4.78. The van der Waals surface area contributed by atoms with E-state index in [-0.39, 0.29) is 4.99 Å². The first-order chi connectivity index (χ1) is 6.66. The van der Waals surface area contributed by atoms with Crippen molar-refractivity contribution in [3.8, 4) is 0 Å². The van der Waals surface area contributed by atoms with E-state index in [4.69, 9.17) is 18.0 Å². The van der Waals surface area contributed by atoms with Crippen molar-refractivity contribution >= 4 is 23.0 Å². The minimum Gasteiger partial charge on any atom is -0.388 e. The van der Waals surface area contributed by atoms with Gasteiger partial charge in [0.1, 0.15) is 16.5 Å². The quantitative estimate of drug-likeness (QED) is 0.723. The number of nitrogens with one attached hydrogen (secondary N) is 1. The first-order valence-electron chi connectivity index (χ1n) is 4.57. The van der Waals surface area contributed by atoms with Crippen LogP contribution in [0.3, 0.4) is 0 Å². The van der Waals surface area contributed by atoms with E-state index < -0.39 is 0 Å². The highest BCUT2D eigenvalue weighted by atomic mass is 32.1. The van der Waals surface area contributed by atoms with Crippen LogP contribution in [-0.4, -0.2) is 21.2 Å². The summed E-state index contributed by atoms with van der Waals surface area (Å²) in [5.41, 5.74) is 5.97. The molecule has 0 aliphatic heterocycles. The number of aromatic nitrogens is 2. The Bertz CT molecular complexity index is 348. The van der Waals surface area contributed by atoms with Gasteiger partial charge in [-0.05, 0) is 24.5 Å². The van der Waals surface area contributed by atoms with Crippen LogP contribution >= 0.6 is 12.2 Å². The highest BCUT2D eigenvalue weighted by molar-refractivity contribution is 7.80. The topological polar surface area (TPSA) is 63.8 Å². The van der Waals surface area contributed by atoms with Crippen LogP contribution < -0.4 is 11.1 Å². The summed E-state index contributed by atoms with van der Waals surface area (Å²) in [4.78, 5) is 0.281. The van der Waals surface area contributed by atoms with Gasteiger partial charge in [0.2, 0.25) is 0 Å². The molecule has 2 rings (SSSR count). The molecular weight excluding hydrogens is 196 g/mol. The number of rotatable bonds is 3. The summed E-state index contributed by atoms with van der Waals surface area (Å²) in [5, 5.41) is 11.2. The zero-order valence-electron chi connectivity index (χ0n) is 7.90. The Hall–Kier alpha value is -1.23. The molecule has 74 valence electrons. The molecule has 0 bridgehead atoms. The predicted molar refractivity (Wildman–Crippen MR) is 59.1 cm³/mol. The molecule has 14 heavy (non-hydrogen) atoms. The molecule has 1 fully saturated rings. The number of hydrogen-bond acceptors (Lipinski definition) is 4. The van der Waals surface area contributed by atoms with Crippen LogP contribution in [0.1, 0.15) is 19.0 Å². The van der Waals surface area contributed by atoms with Crippen molar-refractivity contribution in [3.05, 3.63) is 17.8 Å². The lowest BCUT2D eigenvalue weighted by atomic mass is 10.4. The lowest BCUT2D eigenvalue weighted by Crippen LogP contribution is -2.13. The minimum atomic E-state index is 0.281. The number of hydrogen-bond donors (Lipinski definition) is 2. The van der Waals surface area contributed by atoms with Crippen molar-refractivity contribution in [2.75, 3.05) is 5.32 Å². The monoisotopic (exact) mass is 208 g/mol. The van der Waals surface area contributed by atoms with Crippen molar-refractivity contribution in [3.63, 3.8) is 0 Å². The smallest absolute Gasteiger partial charge is 0.148 e. The van der Waals surface area contributed by atoms with Gasteiger partial charge in [-0.15, -0.1) is 10.2 Å². The van der Waals surface area contributed by atoms with Crippen LogP contribution in [0.15, 0.2) is 12.1 Å². The summed E-state index contributed by atoms with van der Waals surface area (Å²) in [6, 6.07) is 4.19. The Labute approximate surface area is 87.9 Å².